The van der Waals surface area contributed by atoms with Gasteiger partial charge in [0.2, 0.25) is 0 Å². The Morgan fingerprint density at radius 3 is 2.81 bits per heavy atom. The van der Waals surface area contributed by atoms with Crippen LogP contribution in [0.5, 0.6) is 5.75 Å². The third kappa shape index (κ3) is 5.52. The zero-order valence-corrected chi connectivity index (χ0v) is 19.3. The van der Waals surface area contributed by atoms with Crippen molar-refractivity contribution in [3.05, 3.63) is 44.2 Å². The molecule has 1 aromatic heterocycles. The summed E-state index contributed by atoms with van der Waals surface area (Å²) in [7, 11) is 0. The highest BCUT2D eigenvalue weighted by Crippen LogP contribution is 2.38. The second-order valence-corrected chi connectivity index (χ2v) is 9.62. The quantitative estimate of drug-likeness (QED) is 0.590. The normalized spacial score (nSPS) is 17.8. The Kier molecular flexibility index (Phi) is 7.38. The molecule has 1 atom stereocenters. The van der Waals surface area contributed by atoms with Crippen LogP contribution in [-0.2, 0) is 22.4 Å². The predicted molar refractivity (Wildman–Crippen MR) is 123 cm³/mol. The van der Waals surface area contributed by atoms with Crippen molar-refractivity contribution < 1.29 is 19.1 Å². The minimum atomic E-state index is -0.349. The molecular weight excluding hydrogens is 459 g/mol. The first-order valence-electron chi connectivity index (χ1n) is 10.4. The number of fused-ring (bicyclic) bond motifs is 1. The van der Waals surface area contributed by atoms with Crippen molar-refractivity contribution in [2.75, 3.05) is 25.1 Å². The second kappa shape index (κ2) is 10.2. The van der Waals surface area contributed by atoms with E-state index in [2.05, 4.69) is 10.6 Å². The van der Waals surface area contributed by atoms with Gasteiger partial charge in [-0.25, -0.2) is 0 Å². The van der Waals surface area contributed by atoms with Crippen molar-refractivity contribution in [1.82, 2.24) is 5.32 Å². The van der Waals surface area contributed by atoms with E-state index in [9.17, 15) is 9.59 Å². The van der Waals surface area contributed by atoms with Gasteiger partial charge in [0.15, 0.2) is 6.61 Å². The van der Waals surface area contributed by atoms with E-state index >= 15 is 0 Å². The Labute approximate surface area is 195 Å². The van der Waals surface area contributed by atoms with Gasteiger partial charge in [-0.15, -0.1) is 11.3 Å². The van der Waals surface area contributed by atoms with E-state index in [0.717, 1.165) is 50.7 Å². The van der Waals surface area contributed by atoms with Gasteiger partial charge in [0, 0.05) is 23.1 Å². The third-order valence-corrected chi connectivity index (χ3v) is 7.16. The predicted octanol–water partition coefficient (Wildman–Crippen LogP) is 4.86. The van der Waals surface area contributed by atoms with Crippen LogP contribution in [0.2, 0.25) is 10.0 Å². The SMILES string of the molecule is O=C(COc1ccc(Cl)cc1Cl)Nc1sc2c(c1C(=O)NCC1CCCO1)CCCC2. The lowest BCUT2D eigenvalue weighted by atomic mass is 9.95. The van der Waals surface area contributed by atoms with Crippen LogP contribution in [0.4, 0.5) is 5.00 Å². The van der Waals surface area contributed by atoms with Gasteiger partial charge in [-0.1, -0.05) is 23.2 Å². The van der Waals surface area contributed by atoms with Crippen LogP contribution in [0.25, 0.3) is 0 Å². The Hall–Kier alpha value is -1.80. The summed E-state index contributed by atoms with van der Waals surface area (Å²) in [6.07, 6.45) is 5.95. The number of benzene rings is 1. The molecule has 1 saturated heterocycles. The smallest absolute Gasteiger partial charge is 0.262 e. The first-order valence-corrected chi connectivity index (χ1v) is 12.0. The average Bonchev–Trinajstić information content (AvgIpc) is 3.39. The number of hydrogen-bond acceptors (Lipinski definition) is 5. The van der Waals surface area contributed by atoms with Crippen molar-refractivity contribution in [3.63, 3.8) is 0 Å². The highest BCUT2D eigenvalue weighted by atomic mass is 35.5. The monoisotopic (exact) mass is 482 g/mol. The van der Waals surface area contributed by atoms with Gasteiger partial charge in [-0.05, 0) is 62.3 Å². The number of aryl methyl sites for hydroxylation is 1. The lowest BCUT2D eigenvalue weighted by Gasteiger charge is -2.15. The molecule has 9 heteroatoms. The van der Waals surface area contributed by atoms with E-state index < -0.39 is 0 Å². The zero-order chi connectivity index (χ0) is 21.8. The van der Waals surface area contributed by atoms with E-state index in [1.54, 1.807) is 18.2 Å². The van der Waals surface area contributed by atoms with Crippen molar-refractivity contribution in [2.45, 2.75) is 44.6 Å². The molecule has 2 aliphatic rings. The fraction of sp³-hybridized carbons (Fsp3) is 0.455. The molecule has 6 nitrogen and oxygen atoms in total. The van der Waals surface area contributed by atoms with E-state index in [1.807, 2.05) is 0 Å². The van der Waals surface area contributed by atoms with E-state index in [0.29, 0.717) is 32.9 Å². The molecule has 0 bridgehead atoms. The molecule has 31 heavy (non-hydrogen) atoms. The molecule has 2 N–H and O–H groups in total. The third-order valence-electron chi connectivity index (χ3n) is 5.42. The summed E-state index contributed by atoms with van der Waals surface area (Å²) >= 11 is 13.5. The minimum Gasteiger partial charge on any atom is -0.482 e. The number of ether oxygens (including phenoxy) is 2. The number of thiophene rings is 1. The summed E-state index contributed by atoms with van der Waals surface area (Å²) in [6, 6.07) is 4.82. The minimum absolute atomic E-state index is 0.0639. The molecule has 1 aromatic carbocycles. The highest BCUT2D eigenvalue weighted by molar-refractivity contribution is 7.17. The molecule has 1 aliphatic heterocycles. The Morgan fingerprint density at radius 1 is 1.19 bits per heavy atom. The number of hydrogen-bond donors (Lipinski definition) is 2. The zero-order valence-electron chi connectivity index (χ0n) is 17.0. The summed E-state index contributed by atoms with van der Waals surface area (Å²) in [4.78, 5) is 26.8. The Morgan fingerprint density at radius 2 is 2.03 bits per heavy atom. The molecule has 1 aliphatic carbocycles. The van der Waals surface area contributed by atoms with E-state index in [4.69, 9.17) is 32.7 Å². The molecular formula is C22H24Cl2N2O4S. The van der Waals surface area contributed by atoms with E-state index in [1.165, 1.54) is 16.2 Å². The lowest BCUT2D eigenvalue weighted by molar-refractivity contribution is -0.118. The number of anilines is 1. The van der Waals surface area contributed by atoms with E-state index in [-0.39, 0.29) is 24.5 Å². The summed E-state index contributed by atoms with van der Waals surface area (Å²) in [5, 5.41) is 7.26. The first-order chi connectivity index (χ1) is 15.0. The van der Waals surface area contributed by atoms with Gasteiger partial charge in [0.25, 0.3) is 11.8 Å². The maximum absolute atomic E-state index is 13.0. The maximum Gasteiger partial charge on any atom is 0.262 e. The second-order valence-electron chi connectivity index (χ2n) is 7.67. The van der Waals surface area contributed by atoms with Crippen molar-refractivity contribution in [3.8, 4) is 5.75 Å². The van der Waals surface area contributed by atoms with Gasteiger partial charge in [0.1, 0.15) is 10.8 Å². The largest absolute Gasteiger partial charge is 0.482 e. The Balaban J connectivity index is 1.44. The van der Waals surface area contributed by atoms with Crippen LogP contribution in [0.15, 0.2) is 18.2 Å². The summed E-state index contributed by atoms with van der Waals surface area (Å²) in [5.74, 6) is -0.133. The lowest BCUT2D eigenvalue weighted by Crippen LogP contribution is -2.33. The van der Waals surface area contributed by atoms with Gasteiger partial charge in [0.05, 0.1) is 16.7 Å². The highest BCUT2D eigenvalue weighted by Gasteiger charge is 2.27. The molecule has 4 rings (SSSR count). The summed E-state index contributed by atoms with van der Waals surface area (Å²) < 4.78 is 11.1. The van der Waals surface area contributed by atoms with Crippen LogP contribution < -0.4 is 15.4 Å². The molecule has 1 fully saturated rings. The number of carbonyl (C=O) groups is 2. The van der Waals surface area contributed by atoms with Crippen molar-refractivity contribution in [2.24, 2.45) is 0 Å². The number of rotatable bonds is 7. The van der Waals surface area contributed by atoms with Crippen LogP contribution >= 0.6 is 34.5 Å². The maximum atomic E-state index is 13.0. The van der Waals surface area contributed by atoms with Gasteiger partial charge in [-0.3, -0.25) is 9.59 Å². The number of nitrogens with one attached hydrogen (secondary N) is 2. The van der Waals surface area contributed by atoms with Crippen LogP contribution in [0, 0.1) is 0 Å². The molecule has 166 valence electrons. The standard InChI is InChI=1S/C22H24Cl2N2O4S/c23-13-7-8-17(16(24)10-13)30-12-19(27)26-22-20(15-5-1-2-6-18(15)31-22)21(28)25-11-14-4-3-9-29-14/h7-8,10,14H,1-6,9,11-12H2,(H,25,28)(H,26,27). The van der Waals surface area contributed by atoms with Crippen molar-refractivity contribution in [1.29, 1.82) is 0 Å². The molecule has 0 radical (unpaired) electrons. The number of halogens is 2. The average molecular weight is 483 g/mol. The van der Waals surface area contributed by atoms with Crippen molar-refractivity contribution >= 4 is 51.4 Å². The fourth-order valence-corrected chi connectivity index (χ4v) is 5.66. The molecule has 0 saturated carbocycles. The van der Waals surface area contributed by atoms with Crippen LogP contribution in [0.3, 0.4) is 0 Å². The summed E-state index contributed by atoms with van der Waals surface area (Å²) in [5.41, 5.74) is 1.63. The number of carbonyl (C=O) groups excluding carboxylic acids is 2. The van der Waals surface area contributed by atoms with Gasteiger partial charge < -0.3 is 20.1 Å². The van der Waals surface area contributed by atoms with Crippen LogP contribution in [-0.4, -0.2) is 37.7 Å². The topological polar surface area (TPSA) is 76.7 Å². The number of amides is 2. The summed E-state index contributed by atoms with van der Waals surface area (Å²) in [6.45, 7) is 1.00. The van der Waals surface area contributed by atoms with Gasteiger partial charge >= 0.3 is 0 Å². The fourth-order valence-electron chi connectivity index (χ4n) is 3.89. The molecule has 2 aromatic rings. The van der Waals surface area contributed by atoms with Gasteiger partial charge in [-0.2, -0.15) is 0 Å². The molecule has 1 unspecified atom stereocenters. The first kappa shape index (κ1) is 22.4. The molecule has 2 amide bonds. The Bertz CT molecular complexity index is 973. The molecule has 0 spiro atoms. The molecule has 2 heterocycles. The van der Waals surface area contributed by atoms with Crippen LogP contribution in [0.1, 0.15) is 46.5 Å².